The van der Waals surface area contributed by atoms with E-state index in [4.69, 9.17) is 23.8 Å². The second-order valence-electron chi connectivity index (χ2n) is 3.26. The first-order valence-corrected chi connectivity index (χ1v) is 5.56. The fourth-order valence-electron chi connectivity index (χ4n) is 1.48. The maximum atomic E-state index is 9.33. The van der Waals surface area contributed by atoms with Gasteiger partial charge in [0.05, 0.1) is 5.02 Å². The summed E-state index contributed by atoms with van der Waals surface area (Å²) in [7, 11) is 0. The molecule has 0 atom stereocenters. The van der Waals surface area contributed by atoms with Crippen LogP contribution in [-0.4, -0.2) is 19.9 Å². The Morgan fingerprint density at radius 2 is 2.31 bits per heavy atom. The molecule has 16 heavy (non-hydrogen) atoms. The summed E-state index contributed by atoms with van der Waals surface area (Å²) < 4.78 is 2.43. The first-order valence-electron chi connectivity index (χ1n) is 4.77. The zero-order valence-electron chi connectivity index (χ0n) is 8.57. The van der Waals surface area contributed by atoms with Crippen LogP contribution in [-0.2, 0) is 6.54 Å². The van der Waals surface area contributed by atoms with E-state index < -0.39 is 0 Å². The number of phenolic OH excluding ortho intramolecular Hbond substituents is 1. The lowest BCUT2D eigenvalue weighted by atomic mass is 10.2. The lowest BCUT2D eigenvalue weighted by Gasteiger charge is -2.04. The molecule has 2 aromatic rings. The zero-order chi connectivity index (χ0) is 11.7. The van der Waals surface area contributed by atoms with Crippen LogP contribution in [0.5, 0.6) is 5.75 Å². The van der Waals surface area contributed by atoms with Crippen LogP contribution >= 0.6 is 23.8 Å². The molecule has 2 N–H and O–H groups in total. The van der Waals surface area contributed by atoms with Crippen LogP contribution < -0.4 is 0 Å². The van der Waals surface area contributed by atoms with Crippen LogP contribution in [0.2, 0.25) is 5.02 Å². The molecule has 0 fully saturated rings. The molecule has 0 unspecified atom stereocenters. The van der Waals surface area contributed by atoms with Crippen molar-refractivity contribution in [3.63, 3.8) is 0 Å². The number of aromatic amines is 1. The highest BCUT2D eigenvalue weighted by Gasteiger charge is 2.09. The van der Waals surface area contributed by atoms with E-state index in [9.17, 15) is 5.11 Å². The molecule has 1 heterocycles. The van der Waals surface area contributed by atoms with Gasteiger partial charge in [-0.25, -0.2) is 0 Å². The molecule has 0 bridgehead atoms. The van der Waals surface area contributed by atoms with Gasteiger partial charge in [0.25, 0.3) is 0 Å². The second-order valence-corrected chi connectivity index (χ2v) is 4.06. The van der Waals surface area contributed by atoms with Gasteiger partial charge in [0, 0.05) is 12.1 Å². The third kappa shape index (κ3) is 1.83. The Morgan fingerprint density at radius 3 is 2.94 bits per heavy atom. The molecule has 0 radical (unpaired) electrons. The van der Waals surface area contributed by atoms with Gasteiger partial charge in [0.2, 0.25) is 0 Å². The maximum Gasteiger partial charge on any atom is 0.195 e. The van der Waals surface area contributed by atoms with Gasteiger partial charge in [-0.2, -0.15) is 5.10 Å². The monoisotopic (exact) mass is 255 g/mol. The standard InChI is InChI=1S/C10H10ClN3OS/c1-2-14-9(12-13-10(14)16)6-3-4-8(15)7(11)5-6/h3-5,15H,2H2,1H3,(H,13,16). The maximum absolute atomic E-state index is 9.33. The Morgan fingerprint density at radius 1 is 1.56 bits per heavy atom. The van der Waals surface area contributed by atoms with Gasteiger partial charge in [-0.05, 0) is 37.3 Å². The minimum Gasteiger partial charge on any atom is -0.506 e. The number of phenols is 1. The molecule has 1 aromatic heterocycles. The van der Waals surface area contributed by atoms with Gasteiger partial charge < -0.3 is 9.67 Å². The number of nitrogens with one attached hydrogen (secondary N) is 1. The minimum atomic E-state index is 0.0580. The van der Waals surface area contributed by atoms with Gasteiger partial charge in [-0.3, -0.25) is 5.10 Å². The van der Waals surface area contributed by atoms with E-state index >= 15 is 0 Å². The summed E-state index contributed by atoms with van der Waals surface area (Å²) in [6.07, 6.45) is 0. The molecule has 1 aromatic carbocycles. The molecule has 6 heteroatoms. The van der Waals surface area contributed by atoms with Crippen molar-refractivity contribution in [2.45, 2.75) is 13.5 Å². The number of H-pyrrole nitrogens is 1. The summed E-state index contributed by atoms with van der Waals surface area (Å²) in [6, 6.07) is 4.95. The van der Waals surface area contributed by atoms with Crippen molar-refractivity contribution in [3.05, 3.63) is 28.0 Å². The van der Waals surface area contributed by atoms with Crippen LogP contribution in [0.1, 0.15) is 6.92 Å². The average molecular weight is 256 g/mol. The number of nitrogens with zero attached hydrogens (tertiary/aromatic N) is 2. The van der Waals surface area contributed by atoms with E-state index in [1.807, 2.05) is 11.5 Å². The van der Waals surface area contributed by atoms with Crippen molar-refractivity contribution in [3.8, 4) is 17.1 Å². The van der Waals surface area contributed by atoms with Crippen LogP contribution in [0.25, 0.3) is 11.4 Å². The highest BCUT2D eigenvalue weighted by atomic mass is 35.5. The van der Waals surface area contributed by atoms with E-state index in [0.29, 0.717) is 9.79 Å². The van der Waals surface area contributed by atoms with Crippen LogP contribution in [0, 0.1) is 4.77 Å². The van der Waals surface area contributed by atoms with Crippen molar-refractivity contribution in [1.29, 1.82) is 0 Å². The Kier molecular flexibility index (Phi) is 2.98. The van der Waals surface area contributed by atoms with Gasteiger partial charge in [-0.1, -0.05) is 11.6 Å². The SMILES string of the molecule is CCn1c(-c2ccc(O)c(Cl)c2)n[nH]c1=S. The molecule has 0 saturated carbocycles. The molecule has 2 rings (SSSR count). The molecule has 0 aliphatic rings. The van der Waals surface area contributed by atoms with E-state index in [0.717, 1.165) is 17.9 Å². The van der Waals surface area contributed by atoms with Crippen LogP contribution in [0.3, 0.4) is 0 Å². The second kappa shape index (κ2) is 4.27. The first kappa shape index (κ1) is 11.2. The third-order valence-electron chi connectivity index (χ3n) is 2.28. The van der Waals surface area contributed by atoms with Crippen molar-refractivity contribution in [1.82, 2.24) is 14.8 Å². The van der Waals surface area contributed by atoms with E-state index in [1.54, 1.807) is 12.1 Å². The fraction of sp³-hybridized carbons (Fsp3) is 0.200. The molecule has 0 saturated heterocycles. The quantitative estimate of drug-likeness (QED) is 0.811. The Balaban J connectivity index is 2.58. The van der Waals surface area contributed by atoms with Crippen molar-refractivity contribution in [2.24, 2.45) is 0 Å². The molecular weight excluding hydrogens is 246 g/mol. The van der Waals surface area contributed by atoms with Gasteiger partial charge >= 0.3 is 0 Å². The number of benzene rings is 1. The minimum absolute atomic E-state index is 0.0580. The topological polar surface area (TPSA) is 53.8 Å². The van der Waals surface area contributed by atoms with Crippen molar-refractivity contribution >= 4 is 23.8 Å². The molecule has 4 nitrogen and oxygen atoms in total. The number of rotatable bonds is 2. The molecule has 0 amide bonds. The van der Waals surface area contributed by atoms with Gasteiger partial charge in [-0.15, -0.1) is 0 Å². The third-order valence-corrected chi connectivity index (χ3v) is 2.89. The van der Waals surface area contributed by atoms with Crippen LogP contribution in [0.15, 0.2) is 18.2 Å². The summed E-state index contributed by atoms with van der Waals surface area (Å²) in [4.78, 5) is 0. The summed E-state index contributed by atoms with van der Waals surface area (Å²) >= 11 is 10.9. The Bertz CT molecular complexity index is 576. The van der Waals surface area contributed by atoms with Crippen molar-refractivity contribution < 1.29 is 5.11 Å². The predicted octanol–water partition coefficient (Wildman–Crippen LogP) is 2.99. The highest BCUT2D eigenvalue weighted by Crippen LogP contribution is 2.28. The molecule has 0 aliphatic heterocycles. The van der Waals surface area contributed by atoms with E-state index in [2.05, 4.69) is 10.2 Å². The predicted molar refractivity (Wildman–Crippen MR) is 65.2 cm³/mol. The number of halogens is 1. The largest absolute Gasteiger partial charge is 0.506 e. The lowest BCUT2D eigenvalue weighted by molar-refractivity contribution is 0.475. The first-order chi connectivity index (χ1) is 7.63. The van der Waals surface area contributed by atoms with Crippen LogP contribution in [0.4, 0.5) is 0 Å². The summed E-state index contributed by atoms with van der Waals surface area (Å²) in [5.74, 6) is 0.775. The number of aromatic hydroxyl groups is 1. The number of hydrogen-bond acceptors (Lipinski definition) is 3. The zero-order valence-corrected chi connectivity index (χ0v) is 10.1. The summed E-state index contributed by atoms with van der Waals surface area (Å²) in [6.45, 7) is 2.71. The Hall–Kier alpha value is -1.33. The Labute approximate surface area is 103 Å². The van der Waals surface area contributed by atoms with Crippen molar-refractivity contribution in [2.75, 3.05) is 0 Å². The fourth-order valence-corrected chi connectivity index (χ4v) is 1.92. The highest BCUT2D eigenvalue weighted by molar-refractivity contribution is 7.71. The smallest absolute Gasteiger partial charge is 0.195 e. The number of aromatic nitrogens is 3. The summed E-state index contributed by atoms with van der Waals surface area (Å²) in [5, 5.41) is 16.5. The van der Waals surface area contributed by atoms with Gasteiger partial charge in [0.1, 0.15) is 5.75 Å². The van der Waals surface area contributed by atoms with Gasteiger partial charge in [0.15, 0.2) is 10.6 Å². The lowest BCUT2D eigenvalue weighted by Crippen LogP contribution is -1.97. The molecule has 0 aliphatic carbocycles. The molecular formula is C10H10ClN3OS. The van der Waals surface area contributed by atoms with E-state index in [1.165, 1.54) is 6.07 Å². The van der Waals surface area contributed by atoms with E-state index in [-0.39, 0.29) is 5.75 Å². The summed E-state index contributed by atoms with van der Waals surface area (Å²) in [5.41, 5.74) is 0.817. The molecule has 0 spiro atoms. The normalized spacial score (nSPS) is 10.6. The number of hydrogen-bond donors (Lipinski definition) is 2. The average Bonchev–Trinajstić information content (AvgIpc) is 2.63. The molecule has 84 valence electrons.